The number of hydrogen-bond acceptors (Lipinski definition) is 3. The lowest BCUT2D eigenvalue weighted by atomic mass is 10.2. The van der Waals surface area contributed by atoms with E-state index in [4.69, 9.17) is 11.6 Å². The topological polar surface area (TPSA) is 15.3 Å². The van der Waals surface area contributed by atoms with Crippen molar-refractivity contribution in [3.63, 3.8) is 0 Å². The maximum absolute atomic E-state index is 5.95. The molecule has 1 aromatic heterocycles. The molecule has 0 saturated heterocycles. The van der Waals surface area contributed by atoms with Crippen molar-refractivity contribution in [1.29, 1.82) is 0 Å². The maximum atomic E-state index is 5.95. The lowest BCUT2D eigenvalue weighted by Crippen LogP contribution is -2.34. The van der Waals surface area contributed by atoms with Gasteiger partial charge < -0.3 is 10.2 Å². The van der Waals surface area contributed by atoms with Gasteiger partial charge in [0, 0.05) is 17.5 Å². The quantitative estimate of drug-likeness (QED) is 0.859. The van der Waals surface area contributed by atoms with Gasteiger partial charge in [0.2, 0.25) is 0 Å². The van der Waals surface area contributed by atoms with Gasteiger partial charge in [-0.25, -0.2) is 0 Å². The van der Waals surface area contributed by atoms with Crippen LogP contribution >= 0.6 is 22.9 Å². The van der Waals surface area contributed by atoms with Crippen LogP contribution in [-0.2, 0) is 0 Å². The molecule has 0 fully saturated rings. The Kier molecular flexibility index (Phi) is 5.06. The summed E-state index contributed by atoms with van der Waals surface area (Å²) in [5, 5.41) is 3.46. The van der Waals surface area contributed by atoms with E-state index in [9.17, 15) is 0 Å². The number of rotatable bonds is 5. The smallest absolute Gasteiger partial charge is 0.0931 e. The molecule has 1 aromatic rings. The van der Waals surface area contributed by atoms with Crippen LogP contribution in [0.3, 0.4) is 0 Å². The fourth-order valence-electron chi connectivity index (χ4n) is 1.39. The SMILES string of the molecule is CC(C)NCC(c1ccc(Cl)s1)N(C)C. The predicted molar refractivity (Wildman–Crippen MR) is 68.9 cm³/mol. The van der Waals surface area contributed by atoms with Crippen molar-refractivity contribution in [2.75, 3.05) is 20.6 Å². The van der Waals surface area contributed by atoms with Crippen molar-refractivity contribution >= 4 is 22.9 Å². The van der Waals surface area contributed by atoms with Crippen LogP contribution in [0.15, 0.2) is 12.1 Å². The molecule has 2 nitrogen and oxygen atoms in total. The van der Waals surface area contributed by atoms with Crippen LogP contribution in [0, 0.1) is 0 Å². The molecule has 4 heteroatoms. The summed E-state index contributed by atoms with van der Waals surface area (Å²) in [5.41, 5.74) is 0. The molecule has 0 aliphatic carbocycles. The summed E-state index contributed by atoms with van der Waals surface area (Å²) in [7, 11) is 4.20. The lowest BCUT2D eigenvalue weighted by molar-refractivity contribution is 0.287. The van der Waals surface area contributed by atoms with Crippen LogP contribution in [0.1, 0.15) is 24.8 Å². The third-order valence-corrected chi connectivity index (χ3v) is 3.60. The van der Waals surface area contributed by atoms with E-state index in [1.165, 1.54) is 4.88 Å². The Morgan fingerprint density at radius 3 is 2.47 bits per heavy atom. The highest BCUT2D eigenvalue weighted by molar-refractivity contribution is 7.16. The van der Waals surface area contributed by atoms with Crippen molar-refractivity contribution in [2.24, 2.45) is 0 Å². The first-order valence-electron chi connectivity index (χ1n) is 5.15. The van der Waals surface area contributed by atoms with Gasteiger partial charge in [0.1, 0.15) is 0 Å². The number of nitrogens with one attached hydrogen (secondary N) is 1. The highest BCUT2D eigenvalue weighted by Crippen LogP contribution is 2.28. The van der Waals surface area contributed by atoms with E-state index in [1.807, 2.05) is 6.07 Å². The second-order valence-electron chi connectivity index (χ2n) is 4.18. The van der Waals surface area contributed by atoms with Crippen LogP contribution in [0.2, 0.25) is 4.34 Å². The summed E-state index contributed by atoms with van der Waals surface area (Å²) in [6.45, 7) is 5.28. The first-order valence-corrected chi connectivity index (χ1v) is 6.35. The van der Waals surface area contributed by atoms with Gasteiger partial charge in [-0.15, -0.1) is 11.3 Å². The first-order chi connectivity index (χ1) is 7.00. The maximum Gasteiger partial charge on any atom is 0.0931 e. The number of thiophene rings is 1. The van der Waals surface area contributed by atoms with Crippen molar-refractivity contribution in [3.8, 4) is 0 Å². The third kappa shape index (κ3) is 4.11. The van der Waals surface area contributed by atoms with Crippen molar-refractivity contribution in [3.05, 3.63) is 21.3 Å². The van der Waals surface area contributed by atoms with Crippen molar-refractivity contribution < 1.29 is 0 Å². The molecule has 1 atom stereocenters. The molecular weight excluding hydrogens is 228 g/mol. The Morgan fingerprint density at radius 1 is 1.40 bits per heavy atom. The minimum atomic E-state index is 0.407. The fraction of sp³-hybridized carbons (Fsp3) is 0.636. The average Bonchev–Trinajstić information content (AvgIpc) is 2.51. The van der Waals surface area contributed by atoms with Crippen LogP contribution in [-0.4, -0.2) is 31.6 Å². The van der Waals surface area contributed by atoms with Crippen LogP contribution < -0.4 is 5.32 Å². The van der Waals surface area contributed by atoms with Gasteiger partial charge in [-0.2, -0.15) is 0 Å². The lowest BCUT2D eigenvalue weighted by Gasteiger charge is -2.24. The minimum absolute atomic E-state index is 0.407. The molecule has 0 bridgehead atoms. The molecular formula is C11H19ClN2S. The van der Waals surface area contributed by atoms with Crippen LogP contribution in [0.4, 0.5) is 0 Å². The normalized spacial score (nSPS) is 13.8. The Morgan fingerprint density at radius 2 is 2.07 bits per heavy atom. The van der Waals surface area contributed by atoms with Crippen LogP contribution in [0.25, 0.3) is 0 Å². The van der Waals surface area contributed by atoms with E-state index in [0.29, 0.717) is 12.1 Å². The highest BCUT2D eigenvalue weighted by atomic mass is 35.5. The molecule has 0 aromatic carbocycles. The zero-order chi connectivity index (χ0) is 11.4. The monoisotopic (exact) mass is 246 g/mol. The molecule has 1 rings (SSSR count). The number of halogens is 1. The Hall–Kier alpha value is -0.0900. The zero-order valence-corrected chi connectivity index (χ0v) is 11.3. The molecule has 0 aliphatic rings. The molecule has 1 heterocycles. The fourth-order valence-corrected chi connectivity index (χ4v) is 2.65. The highest BCUT2D eigenvalue weighted by Gasteiger charge is 2.16. The van der Waals surface area contributed by atoms with E-state index >= 15 is 0 Å². The second kappa shape index (κ2) is 5.85. The number of likely N-dealkylation sites (N-methyl/N-ethyl adjacent to an activating group) is 1. The molecule has 15 heavy (non-hydrogen) atoms. The second-order valence-corrected chi connectivity index (χ2v) is 5.93. The Labute approximate surface area is 101 Å². The van der Waals surface area contributed by atoms with E-state index in [2.05, 4.69) is 44.2 Å². The summed E-state index contributed by atoms with van der Waals surface area (Å²) < 4.78 is 0.862. The van der Waals surface area contributed by atoms with Crippen molar-refractivity contribution in [2.45, 2.75) is 25.9 Å². The molecule has 86 valence electrons. The van der Waals surface area contributed by atoms with Gasteiger partial charge in [-0.05, 0) is 26.2 Å². The molecule has 0 spiro atoms. The Balaban J connectivity index is 2.66. The minimum Gasteiger partial charge on any atom is -0.313 e. The van der Waals surface area contributed by atoms with Crippen LogP contribution in [0.5, 0.6) is 0 Å². The summed E-state index contributed by atoms with van der Waals surface area (Å²) in [4.78, 5) is 3.54. The summed E-state index contributed by atoms with van der Waals surface area (Å²) in [6, 6.07) is 5.00. The Bertz CT molecular complexity index is 297. The average molecular weight is 247 g/mol. The zero-order valence-electron chi connectivity index (χ0n) is 9.75. The third-order valence-electron chi connectivity index (χ3n) is 2.27. The molecule has 0 aliphatic heterocycles. The van der Waals surface area contributed by atoms with E-state index in [-0.39, 0.29) is 0 Å². The van der Waals surface area contributed by atoms with E-state index < -0.39 is 0 Å². The molecule has 0 saturated carbocycles. The van der Waals surface area contributed by atoms with Gasteiger partial charge in [-0.3, -0.25) is 0 Å². The molecule has 0 radical (unpaired) electrons. The molecule has 0 amide bonds. The molecule has 1 unspecified atom stereocenters. The van der Waals surface area contributed by atoms with Gasteiger partial charge in [0.25, 0.3) is 0 Å². The summed E-state index contributed by atoms with van der Waals surface area (Å²) in [5.74, 6) is 0. The molecule has 1 N–H and O–H groups in total. The summed E-state index contributed by atoms with van der Waals surface area (Å²) >= 11 is 7.61. The van der Waals surface area contributed by atoms with Gasteiger partial charge in [-0.1, -0.05) is 25.4 Å². The van der Waals surface area contributed by atoms with Gasteiger partial charge >= 0.3 is 0 Å². The summed E-state index contributed by atoms with van der Waals surface area (Å²) in [6.07, 6.45) is 0. The largest absolute Gasteiger partial charge is 0.313 e. The van der Waals surface area contributed by atoms with Gasteiger partial charge in [0.05, 0.1) is 10.4 Å². The van der Waals surface area contributed by atoms with E-state index in [0.717, 1.165) is 10.9 Å². The number of hydrogen-bond donors (Lipinski definition) is 1. The predicted octanol–water partition coefficient (Wildman–Crippen LogP) is 3.00. The standard InChI is InChI=1S/C11H19ClN2S/c1-8(2)13-7-9(14(3)4)10-5-6-11(12)15-10/h5-6,8-9,13H,7H2,1-4H3. The van der Waals surface area contributed by atoms with Crippen molar-refractivity contribution in [1.82, 2.24) is 10.2 Å². The van der Waals surface area contributed by atoms with Gasteiger partial charge in [0.15, 0.2) is 0 Å². The first kappa shape index (κ1) is 13.0. The van der Waals surface area contributed by atoms with E-state index in [1.54, 1.807) is 11.3 Å². The number of nitrogens with zero attached hydrogens (tertiary/aromatic N) is 1.